The van der Waals surface area contributed by atoms with Crippen LogP contribution in [0.25, 0.3) is 32.6 Å². The zero-order chi connectivity index (χ0) is 19.1. The first kappa shape index (κ1) is 16.2. The summed E-state index contributed by atoms with van der Waals surface area (Å²) in [6.07, 6.45) is 0. The number of hydrogen-bond donors (Lipinski definition) is 0. The Labute approximate surface area is 160 Å². The van der Waals surface area contributed by atoms with Crippen LogP contribution in [0.4, 0.5) is 5.69 Å². The summed E-state index contributed by atoms with van der Waals surface area (Å²) >= 11 is 0. The van der Waals surface area contributed by atoms with E-state index < -0.39 is 4.92 Å². The number of nitro groups is 1. The van der Waals surface area contributed by atoms with Gasteiger partial charge in [0.1, 0.15) is 11.5 Å². The summed E-state index contributed by atoms with van der Waals surface area (Å²) in [5.41, 5.74) is 1.47. The number of pyridine rings is 1. The number of nitro benzene ring substituents is 1. The van der Waals surface area contributed by atoms with Gasteiger partial charge in [-0.25, -0.2) is 4.98 Å². The number of non-ortho nitro benzene ring substituents is 1. The molecule has 0 saturated carbocycles. The van der Waals surface area contributed by atoms with Crippen molar-refractivity contribution in [2.75, 3.05) is 0 Å². The van der Waals surface area contributed by atoms with Gasteiger partial charge in [-0.2, -0.15) is 0 Å². The zero-order valence-electron chi connectivity index (χ0n) is 14.7. The van der Waals surface area contributed by atoms with E-state index in [9.17, 15) is 10.1 Å². The second-order valence-electron chi connectivity index (χ2n) is 6.50. The van der Waals surface area contributed by atoms with Gasteiger partial charge in [-0.3, -0.25) is 10.1 Å². The maximum absolute atomic E-state index is 11.3. The molecule has 0 aliphatic carbocycles. The van der Waals surface area contributed by atoms with Gasteiger partial charge in [0.15, 0.2) is 0 Å². The molecule has 1 aromatic heterocycles. The predicted octanol–water partition coefficient (Wildman–Crippen LogP) is 6.24. The Hall–Kier alpha value is -3.99. The molecular weight excluding hydrogens is 352 g/mol. The minimum absolute atomic E-state index is 0.00681. The van der Waals surface area contributed by atoms with Gasteiger partial charge >= 0.3 is 0 Å². The normalized spacial score (nSPS) is 11.1. The third-order valence-electron chi connectivity index (χ3n) is 4.78. The molecule has 5 aromatic rings. The molecular formula is C23H14N2O3. The first-order chi connectivity index (χ1) is 13.7. The van der Waals surface area contributed by atoms with Gasteiger partial charge in [-0.05, 0) is 29.7 Å². The van der Waals surface area contributed by atoms with E-state index in [0.717, 1.165) is 21.7 Å². The molecule has 0 saturated heterocycles. The molecule has 5 heteroatoms. The zero-order valence-corrected chi connectivity index (χ0v) is 14.7. The van der Waals surface area contributed by atoms with Crippen molar-refractivity contribution in [3.8, 4) is 11.5 Å². The van der Waals surface area contributed by atoms with Gasteiger partial charge in [-0.15, -0.1) is 0 Å². The van der Waals surface area contributed by atoms with E-state index in [1.807, 2.05) is 66.7 Å². The summed E-state index contributed by atoms with van der Waals surface area (Å²) in [5, 5.41) is 14.8. The summed E-state index contributed by atoms with van der Waals surface area (Å²) in [6.45, 7) is 0. The smallest absolute Gasteiger partial charge is 0.270 e. The van der Waals surface area contributed by atoms with Crippen LogP contribution in [-0.2, 0) is 0 Å². The van der Waals surface area contributed by atoms with Crippen LogP contribution in [-0.4, -0.2) is 9.91 Å². The molecule has 28 heavy (non-hydrogen) atoms. The van der Waals surface area contributed by atoms with Crippen LogP contribution in [0.3, 0.4) is 0 Å². The number of para-hydroxylation sites is 1. The van der Waals surface area contributed by atoms with Crippen LogP contribution in [0.15, 0.2) is 84.9 Å². The molecule has 0 spiro atoms. The first-order valence-corrected chi connectivity index (χ1v) is 8.83. The number of nitrogens with zero attached hydrogens (tertiary/aromatic N) is 2. The standard InChI is InChI=1S/C23H14N2O3/c26-25(27)16-11-13-21-20(14-16)23(28-17-7-2-1-3-8-17)19-12-10-15-6-4-5-9-18(15)22(19)24-21/h1-14H. The molecule has 0 fully saturated rings. The molecule has 0 atom stereocenters. The predicted molar refractivity (Wildman–Crippen MR) is 110 cm³/mol. The van der Waals surface area contributed by atoms with Gasteiger partial charge in [-0.1, -0.05) is 48.5 Å². The van der Waals surface area contributed by atoms with Crippen LogP contribution in [0.1, 0.15) is 0 Å². The van der Waals surface area contributed by atoms with E-state index in [4.69, 9.17) is 9.72 Å². The third-order valence-corrected chi connectivity index (χ3v) is 4.78. The Bertz CT molecular complexity index is 1360. The average Bonchev–Trinajstić information content (AvgIpc) is 2.74. The van der Waals surface area contributed by atoms with E-state index in [2.05, 4.69) is 0 Å². The SMILES string of the molecule is O=[N+]([O-])c1ccc2nc3c(ccc4ccccc43)c(Oc3ccccc3)c2c1. The Morgan fingerprint density at radius 2 is 1.57 bits per heavy atom. The average molecular weight is 366 g/mol. The lowest BCUT2D eigenvalue weighted by Crippen LogP contribution is -1.94. The molecule has 0 aliphatic heterocycles. The van der Waals surface area contributed by atoms with E-state index in [1.54, 1.807) is 6.07 Å². The number of fused-ring (bicyclic) bond motifs is 4. The van der Waals surface area contributed by atoms with Gasteiger partial charge in [0.05, 0.1) is 21.3 Å². The van der Waals surface area contributed by atoms with E-state index in [1.165, 1.54) is 12.1 Å². The van der Waals surface area contributed by atoms with E-state index in [-0.39, 0.29) is 5.69 Å². The second-order valence-corrected chi connectivity index (χ2v) is 6.50. The maximum Gasteiger partial charge on any atom is 0.270 e. The lowest BCUT2D eigenvalue weighted by molar-refractivity contribution is -0.384. The molecule has 0 unspecified atom stereocenters. The highest BCUT2D eigenvalue weighted by Crippen LogP contribution is 2.39. The summed E-state index contributed by atoms with van der Waals surface area (Å²) in [7, 11) is 0. The van der Waals surface area contributed by atoms with Crippen LogP contribution in [0.5, 0.6) is 11.5 Å². The number of benzene rings is 4. The number of aromatic nitrogens is 1. The largest absolute Gasteiger partial charge is 0.456 e. The topological polar surface area (TPSA) is 65.3 Å². The van der Waals surface area contributed by atoms with Gasteiger partial charge in [0.2, 0.25) is 0 Å². The quantitative estimate of drug-likeness (QED) is 0.164. The Kier molecular flexibility index (Phi) is 3.66. The minimum Gasteiger partial charge on any atom is -0.456 e. The molecule has 5 nitrogen and oxygen atoms in total. The highest BCUT2D eigenvalue weighted by atomic mass is 16.6. The summed E-state index contributed by atoms with van der Waals surface area (Å²) in [4.78, 5) is 15.7. The van der Waals surface area contributed by atoms with Crippen molar-refractivity contribution in [1.29, 1.82) is 0 Å². The van der Waals surface area contributed by atoms with E-state index >= 15 is 0 Å². The Morgan fingerprint density at radius 3 is 2.39 bits per heavy atom. The van der Waals surface area contributed by atoms with Gasteiger partial charge < -0.3 is 4.74 Å². The lowest BCUT2D eigenvalue weighted by Gasteiger charge is -2.13. The van der Waals surface area contributed by atoms with Crippen molar-refractivity contribution in [3.05, 3.63) is 95.0 Å². The fourth-order valence-electron chi connectivity index (χ4n) is 3.46. The number of ether oxygens (including phenoxy) is 1. The highest BCUT2D eigenvalue weighted by molar-refractivity contribution is 6.12. The number of rotatable bonds is 3. The second kappa shape index (κ2) is 6.32. The number of hydrogen-bond acceptors (Lipinski definition) is 4. The first-order valence-electron chi connectivity index (χ1n) is 8.83. The molecule has 5 rings (SSSR count). The minimum atomic E-state index is -0.406. The van der Waals surface area contributed by atoms with Crippen LogP contribution in [0.2, 0.25) is 0 Å². The van der Waals surface area contributed by atoms with E-state index in [0.29, 0.717) is 22.4 Å². The molecule has 0 bridgehead atoms. The van der Waals surface area contributed by atoms with Crippen molar-refractivity contribution >= 4 is 38.3 Å². The lowest BCUT2D eigenvalue weighted by atomic mass is 10.0. The van der Waals surface area contributed by atoms with Gasteiger partial charge in [0, 0.05) is 22.9 Å². The maximum atomic E-state index is 11.3. The molecule has 0 N–H and O–H groups in total. The molecule has 0 aliphatic rings. The van der Waals surface area contributed by atoms with Crippen molar-refractivity contribution < 1.29 is 9.66 Å². The highest BCUT2D eigenvalue weighted by Gasteiger charge is 2.16. The monoisotopic (exact) mass is 366 g/mol. The molecule has 1 heterocycles. The fourth-order valence-corrected chi connectivity index (χ4v) is 3.46. The van der Waals surface area contributed by atoms with Crippen molar-refractivity contribution in [2.24, 2.45) is 0 Å². The summed E-state index contributed by atoms with van der Waals surface area (Å²) in [6, 6.07) is 26.1. The molecule has 4 aromatic carbocycles. The third kappa shape index (κ3) is 2.61. The Balaban J connectivity index is 1.89. The summed E-state index contributed by atoms with van der Waals surface area (Å²) < 4.78 is 6.23. The van der Waals surface area contributed by atoms with Crippen LogP contribution in [0, 0.1) is 10.1 Å². The molecule has 0 amide bonds. The molecule has 134 valence electrons. The van der Waals surface area contributed by atoms with Crippen molar-refractivity contribution in [2.45, 2.75) is 0 Å². The van der Waals surface area contributed by atoms with Crippen molar-refractivity contribution in [3.63, 3.8) is 0 Å². The Morgan fingerprint density at radius 1 is 0.786 bits per heavy atom. The van der Waals surface area contributed by atoms with Gasteiger partial charge in [0.25, 0.3) is 5.69 Å². The fraction of sp³-hybridized carbons (Fsp3) is 0. The summed E-state index contributed by atoms with van der Waals surface area (Å²) in [5.74, 6) is 1.23. The van der Waals surface area contributed by atoms with Crippen LogP contribution >= 0.6 is 0 Å². The van der Waals surface area contributed by atoms with Crippen LogP contribution < -0.4 is 4.74 Å². The molecule has 0 radical (unpaired) electrons. The van der Waals surface area contributed by atoms with Crippen molar-refractivity contribution in [1.82, 2.24) is 4.98 Å².